The van der Waals surface area contributed by atoms with E-state index in [2.05, 4.69) is 5.32 Å². The molecule has 4 rings (SSSR count). The average Bonchev–Trinajstić information content (AvgIpc) is 3.42. The smallest absolute Gasteiger partial charge is 0.292 e. The van der Waals surface area contributed by atoms with Gasteiger partial charge in [-0.3, -0.25) is 14.4 Å². The topological polar surface area (TPSA) is 81.3 Å². The Morgan fingerprint density at radius 3 is 2.60 bits per heavy atom. The highest BCUT2D eigenvalue weighted by Gasteiger charge is 2.30. The minimum absolute atomic E-state index is 0.0738. The van der Waals surface area contributed by atoms with E-state index in [-0.39, 0.29) is 18.2 Å². The molecule has 1 aliphatic rings. The molecular weight excluding hydrogens is 380 g/mol. The summed E-state index contributed by atoms with van der Waals surface area (Å²) in [5.74, 6) is -1.23. The third-order valence-electron chi connectivity index (χ3n) is 6.20. The van der Waals surface area contributed by atoms with Crippen molar-refractivity contribution in [3.63, 3.8) is 0 Å². The van der Waals surface area contributed by atoms with Crippen LogP contribution in [0.5, 0.6) is 0 Å². The van der Waals surface area contributed by atoms with Crippen molar-refractivity contribution in [2.45, 2.75) is 52.0 Å². The Kier molecular flexibility index (Phi) is 5.33. The predicted molar refractivity (Wildman–Crippen MR) is 114 cm³/mol. The fraction of sp³-hybridized carbons (Fsp3) is 0.375. The third-order valence-corrected chi connectivity index (χ3v) is 6.20. The number of benzene rings is 1. The highest BCUT2D eigenvalue weighted by atomic mass is 16.3. The molecule has 2 heterocycles. The molecule has 1 saturated carbocycles. The molecule has 0 atom stereocenters. The monoisotopic (exact) mass is 406 g/mol. The van der Waals surface area contributed by atoms with Gasteiger partial charge in [-0.05, 0) is 56.0 Å². The lowest BCUT2D eigenvalue weighted by Gasteiger charge is -2.11. The number of ketones is 2. The summed E-state index contributed by atoms with van der Waals surface area (Å²) in [7, 11) is 1.76. The van der Waals surface area contributed by atoms with Gasteiger partial charge in [-0.1, -0.05) is 18.9 Å². The highest BCUT2D eigenvalue weighted by Crippen LogP contribution is 2.25. The summed E-state index contributed by atoms with van der Waals surface area (Å²) in [6.45, 7) is 3.52. The first-order chi connectivity index (χ1) is 14.4. The number of rotatable bonds is 6. The molecule has 1 aromatic carbocycles. The molecule has 2 aromatic heterocycles. The van der Waals surface area contributed by atoms with Crippen LogP contribution in [0.25, 0.3) is 11.0 Å². The zero-order valence-corrected chi connectivity index (χ0v) is 17.6. The van der Waals surface area contributed by atoms with Crippen molar-refractivity contribution in [3.05, 3.63) is 58.6 Å². The molecular formula is C24H26N2O4. The van der Waals surface area contributed by atoms with Gasteiger partial charge in [0.05, 0.1) is 17.5 Å². The number of furan rings is 1. The van der Waals surface area contributed by atoms with Gasteiger partial charge < -0.3 is 14.3 Å². The molecule has 30 heavy (non-hydrogen) atoms. The van der Waals surface area contributed by atoms with Crippen LogP contribution in [0.1, 0.15) is 63.4 Å². The molecule has 0 unspecified atom stereocenters. The highest BCUT2D eigenvalue weighted by molar-refractivity contribution is 6.43. The SMILES string of the molecule is Cc1c(C(=O)C(=O)NC2CCCC2)c(C)n(C)c1C(=O)Cc1ccc2occc2c1. The minimum Gasteiger partial charge on any atom is -0.464 e. The number of hydrogen-bond acceptors (Lipinski definition) is 4. The fourth-order valence-corrected chi connectivity index (χ4v) is 4.54. The van der Waals surface area contributed by atoms with E-state index in [0.717, 1.165) is 42.2 Å². The summed E-state index contributed by atoms with van der Waals surface area (Å²) >= 11 is 0. The molecule has 1 N–H and O–H groups in total. The number of nitrogens with zero attached hydrogens (tertiary/aromatic N) is 1. The first kappa shape index (κ1) is 20.1. The molecule has 0 saturated heterocycles. The van der Waals surface area contributed by atoms with Gasteiger partial charge in [0.1, 0.15) is 5.58 Å². The van der Waals surface area contributed by atoms with Gasteiger partial charge >= 0.3 is 0 Å². The fourth-order valence-electron chi connectivity index (χ4n) is 4.54. The van der Waals surface area contributed by atoms with Crippen LogP contribution < -0.4 is 5.32 Å². The maximum absolute atomic E-state index is 13.1. The number of aromatic nitrogens is 1. The molecule has 6 heteroatoms. The Labute approximate surface area is 175 Å². The molecule has 1 fully saturated rings. The van der Waals surface area contributed by atoms with Crippen molar-refractivity contribution in [2.24, 2.45) is 7.05 Å². The van der Waals surface area contributed by atoms with Crippen LogP contribution in [0, 0.1) is 13.8 Å². The summed E-state index contributed by atoms with van der Waals surface area (Å²) in [6, 6.07) is 7.59. The van der Waals surface area contributed by atoms with Gasteiger partial charge in [-0.2, -0.15) is 0 Å². The maximum Gasteiger partial charge on any atom is 0.292 e. The van der Waals surface area contributed by atoms with Crippen LogP contribution in [-0.2, 0) is 18.3 Å². The standard InChI is InChI=1S/C24H26N2O4/c1-14-21(23(28)24(29)25-18-6-4-5-7-18)15(2)26(3)22(14)19(27)13-16-8-9-20-17(12-16)10-11-30-20/h8-12,18H,4-7,13H2,1-3H3,(H,25,29). The molecule has 0 radical (unpaired) electrons. The van der Waals surface area contributed by atoms with Crippen LogP contribution in [0.2, 0.25) is 0 Å². The summed E-state index contributed by atoms with van der Waals surface area (Å²) in [4.78, 5) is 38.5. The Bertz CT molecular complexity index is 1150. The molecule has 1 amide bonds. The lowest BCUT2D eigenvalue weighted by Crippen LogP contribution is -2.38. The predicted octanol–water partition coefficient (Wildman–Crippen LogP) is 4.06. The van der Waals surface area contributed by atoms with Crippen molar-refractivity contribution < 1.29 is 18.8 Å². The van der Waals surface area contributed by atoms with Gasteiger partial charge in [0.25, 0.3) is 11.7 Å². The van der Waals surface area contributed by atoms with E-state index in [0.29, 0.717) is 22.5 Å². The summed E-state index contributed by atoms with van der Waals surface area (Å²) in [5, 5.41) is 3.80. The van der Waals surface area contributed by atoms with E-state index in [1.165, 1.54) is 0 Å². The largest absolute Gasteiger partial charge is 0.464 e. The average molecular weight is 406 g/mol. The number of fused-ring (bicyclic) bond motifs is 1. The molecule has 6 nitrogen and oxygen atoms in total. The summed E-state index contributed by atoms with van der Waals surface area (Å²) in [6.07, 6.45) is 5.81. The van der Waals surface area contributed by atoms with Gasteiger partial charge in [0, 0.05) is 30.6 Å². The van der Waals surface area contributed by atoms with Gasteiger partial charge in [0.2, 0.25) is 0 Å². The van der Waals surface area contributed by atoms with Crippen LogP contribution in [-0.4, -0.2) is 28.1 Å². The van der Waals surface area contributed by atoms with Gasteiger partial charge in [-0.25, -0.2) is 0 Å². The van der Waals surface area contributed by atoms with E-state index in [1.807, 2.05) is 24.3 Å². The second-order valence-corrected chi connectivity index (χ2v) is 8.17. The summed E-state index contributed by atoms with van der Waals surface area (Å²) in [5.41, 5.74) is 3.65. The zero-order chi connectivity index (χ0) is 21.4. The van der Waals surface area contributed by atoms with Crippen molar-refractivity contribution in [2.75, 3.05) is 0 Å². The van der Waals surface area contributed by atoms with Gasteiger partial charge in [0.15, 0.2) is 5.78 Å². The van der Waals surface area contributed by atoms with Crippen LogP contribution >= 0.6 is 0 Å². The normalized spacial score (nSPS) is 14.4. The van der Waals surface area contributed by atoms with E-state index >= 15 is 0 Å². The number of nitrogens with one attached hydrogen (secondary N) is 1. The maximum atomic E-state index is 13.1. The minimum atomic E-state index is -0.580. The van der Waals surface area contributed by atoms with Crippen molar-refractivity contribution in [3.8, 4) is 0 Å². The summed E-state index contributed by atoms with van der Waals surface area (Å²) < 4.78 is 7.08. The van der Waals surface area contributed by atoms with Crippen LogP contribution in [0.3, 0.4) is 0 Å². The first-order valence-corrected chi connectivity index (χ1v) is 10.4. The van der Waals surface area contributed by atoms with Crippen molar-refractivity contribution in [1.82, 2.24) is 9.88 Å². The molecule has 0 aliphatic heterocycles. The molecule has 156 valence electrons. The lowest BCUT2D eigenvalue weighted by atomic mass is 10.00. The quantitative estimate of drug-likeness (QED) is 0.494. The Hall–Kier alpha value is -3.15. The van der Waals surface area contributed by atoms with Crippen LogP contribution in [0.4, 0.5) is 0 Å². The van der Waals surface area contributed by atoms with Crippen molar-refractivity contribution in [1.29, 1.82) is 0 Å². The van der Waals surface area contributed by atoms with E-state index in [9.17, 15) is 14.4 Å². The van der Waals surface area contributed by atoms with Gasteiger partial charge in [-0.15, -0.1) is 0 Å². The number of hydrogen-bond donors (Lipinski definition) is 1. The molecule has 0 bridgehead atoms. The van der Waals surface area contributed by atoms with Crippen molar-refractivity contribution >= 4 is 28.4 Å². The molecule has 3 aromatic rings. The zero-order valence-electron chi connectivity index (χ0n) is 17.6. The lowest BCUT2D eigenvalue weighted by molar-refractivity contribution is -0.117. The van der Waals surface area contributed by atoms with E-state index in [1.54, 1.807) is 31.7 Å². The Morgan fingerprint density at radius 1 is 1.13 bits per heavy atom. The molecule has 0 spiro atoms. The first-order valence-electron chi connectivity index (χ1n) is 10.4. The number of Topliss-reactive ketones (excluding diaryl/α,β-unsaturated/α-hetero) is 2. The number of carbonyl (C=O) groups is 3. The number of amides is 1. The second-order valence-electron chi connectivity index (χ2n) is 8.17. The second kappa shape index (κ2) is 7.94. The van der Waals surface area contributed by atoms with Crippen LogP contribution in [0.15, 0.2) is 34.9 Å². The van der Waals surface area contributed by atoms with E-state index < -0.39 is 11.7 Å². The Balaban J connectivity index is 1.58. The Morgan fingerprint density at radius 2 is 1.87 bits per heavy atom. The third kappa shape index (κ3) is 3.58. The number of carbonyl (C=O) groups excluding carboxylic acids is 3. The molecule has 1 aliphatic carbocycles. The van der Waals surface area contributed by atoms with E-state index in [4.69, 9.17) is 4.42 Å².